The van der Waals surface area contributed by atoms with Crippen molar-refractivity contribution in [2.75, 3.05) is 13.6 Å². The molecular formula is C14H21ClN2O3S. The van der Waals surface area contributed by atoms with Gasteiger partial charge in [-0.05, 0) is 37.6 Å². The largest absolute Gasteiger partial charge is 0.353 e. The summed E-state index contributed by atoms with van der Waals surface area (Å²) in [6.45, 7) is 3.72. The predicted molar refractivity (Wildman–Crippen MR) is 83.8 cm³/mol. The van der Waals surface area contributed by atoms with E-state index in [-0.39, 0.29) is 23.4 Å². The smallest absolute Gasteiger partial charge is 0.243 e. The van der Waals surface area contributed by atoms with Crippen LogP contribution >= 0.6 is 11.6 Å². The number of halogens is 1. The Morgan fingerprint density at radius 2 is 1.90 bits per heavy atom. The summed E-state index contributed by atoms with van der Waals surface area (Å²) in [4.78, 5) is 11.9. The van der Waals surface area contributed by atoms with Gasteiger partial charge in [-0.25, -0.2) is 8.42 Å². The molecule has 0 spiro atoms. The number of likely N-dealkylation sites (N-methyl/N-ethyl adjacent to an activating group) is 1. The molecule has 0 aliphatic carbocycles. The molecule has 118 valence electrons. The molecule has 7 heteroatoms. The summed E-state index contributed by atoms with van der Waals surface area (Å²) in [5.74, 6) is -0.309. The first-order chi connectivity index (χ1) is 9.77. The van der Waals surface area contributed by atoms with E-state index >= 15 is 0 Å². The molecule has 0 aromatic heterocycles. The van der Waals surface area contributed by atoms with Crippen molar-refractivity contribution in [1.82, 2.24) is 9.62 Å². The molecule has 1 atom stereocenters. The van der Waals surface area contributed by atoms with Gasteiger partial charge < -0.3 is 5.32 Å². The second-order valence-corrected chi connectivity index (χ2v) is 7.45. The Bertz CT molecular complexity index is 572. The molecule has 0 saturated carbocycles. The van der Waals surface area contributed by atoms with Crippen LogP contribution in [0.5, 0.6) is 0 Å². The van der Waals surface area contributed by atoms with Crippen LogP contribution in [0, 0.1) is 0 Å². The highest BCUT2D eigenvalue weighted by Crippen LogP contribution is 2.17. The van der Waals surface area contributed by atoms with E-state index < -0.39 is 10.0 Å². The highest BCUT2D eigenvalue weighted by Gasteiger charge is 2.23. The average Bonchev–Trinajstić information content (AvgIpc) is 2.39. The zero-order chi connectivity index (χ0) is 16.0. The number of carbonyl (C=O) groups excluding carboxylic acids is 1. The van der Waals surface area contributed by atoms with Gasteiger partial charge in [-0.3, -0.25) is 4.79 Å². The maximum Gasteiger partial charge on any atom is 0.243 e. The molecule has 1 aromatic carbocycles. The third kappa shape index (κ3) is 5.30. The molecule has 5 nitrogen and oxygen atoms in total. The number of nitrogens with zero attached hydrogens (tertiary/aromatic N) is 1. The minimum absolute atomic E-state index is 0.0362. The second-order valence-electron chi connectivity index (χ2n) is 4.97. The Labute approximate surface area is 131 Å². The maximum absolute atomic E-state index is 12.3. The molecule has 0 saturated heterocycles. The number of benzene rings is 1. The lowest BCUT2D eigenvalue weighted by atomic mass is 10.2. The van der Waals surface area contributed by atoms with Crippen molar-refractivity contribution in [3.8, 4) is 0 Å². The molecule has 0 fully saturated rings. The monoisotopic (exact) mass is 332 g/mol. The van der Waals surface area contributed by atoms with Crippen molar-refractivity contribution < 1.29 is 13.2 Å². The van der Waals surface area contributed by atoms with Crippen LogP contribution in [-0.4, -0.2) is 38.3 Å². The molecule has 1 N–H and O–H groups in total. The third-order valence-electron chi connectivity index (χ3n) is 3.02. The van der Waals surface area contributed by atoms with E-state index in [1.807, 2.05) is 13.8 Å². The minimum Gasteiger partial charge on any atom is -0.353 e. The SMILES string of the molecule is CCC[C@@H](C)NC(=O)CN(C)S(=O)(=O)c1ccc(Cl)cc1. The fraction of sp³-hybridized carbons (Fsp3) is 0.500. The van der Waals surface area contributed by atoms with Gasteiger partial charge in [0.2, 0.25) is 15.9 Å². The second kappa shape index (κ2) is 7.77. The molecule has 0 aliphatic rings. The fourth-order valence-corrected chi connectivity index (χ4v) is 3.15. The zero-order valence-corrected chi connectivity index (χ0v) is 14.0. The first-order valence-electron chi connectivity index (χ1n) is 6.78. The quantitative estimate of drug-likeness (QED) is 0.833. The molecule has 0 radical (unpaired) electrons. The normalized spacial score (nSPS) is 13.2. The first-order valence-corrected chi connectivity index (χ1v) is 8.60. The van der Waals surface area contributed by atoms with Crippen molar-refractivity contribution in [3.63, 3.8) is 0 Å². The molecule has 1 aromatic rings. The Kier molecular flexibility index (Phi) is 6.64. The maximum atomic E-state index is 12.3. The van der Waals surface area contributed by atoms with Crippen molar-refractivity contribution in [2.24, 2.45) is 0 Å². The molecule has 1 rings (SSSR count). The van der Waals surface area contributed by atoms with Crippen LogP contribution in [0.25, 0.3) is 0 Å². The first kappa shape index (κ1) is 17.9. The summed E-state index contributed by atoms with van der Waals surface area (Å²) >= 11 is 5.74. The highest BCUT2D eigenvalue weighted by molar-refractivity contribution is 7.89. The van der Waals surface area contributed by atoms with E-state index in [2.05, 4.69) is 5.32 Å². The van der Waals surface area contributed by atoms with Gasteiger partial charge in [-0.15, -0.1) is 0 Å². The Balaban J connectivity index is 2.71. The van der Waals surface area contributed by atoms with E-state index in [1.165, 1.54) is 31.3 Å². The van der Waals surface area contributed by atoms with Gasteiger partial charge in [-0.1, -0.05) is 24.9 Å². The summed E-state index contributed by atoms with van der Waals surface area (Å²) in [5.41, 5.74) is 0. The van der Waals surface area contributed by atoms with Crippen LogP contribution in [0.2, 0.25) is 5.02 Å². The Morgan fingerprint density at radius 1 is 1.33 bits per heavy atom. The number of amides is 1. The van der Waals surface area contributed by atoms with Gasteiger partial charge in [0.1, 0.15) is 0 Å². The molecule has 0 bridgehead atoms. The van der Waals surface area contributed by atoms with E-state index in [0.717, 1.165) is 17.1 Å². The number of hydrogen-bond acceptors (Lipinski definition) is 3. The number of carbonyl (C=O) groups is 1. The van der Waals surface area contributed by atoms with Gasteiger partial charge in [0, 0.05) is 18.1 Å². The molecule has 0 heterocycles. The van der Waals surface area contributed by atoms with Crippen LogP contribution in [0.3, 0.4) is 0 Å². The predicted octanol–water partition coefficient (Wildman–Crippen LogP) is 2.27. The summed E-state index contributed by atoms with van der Waals surface area (Å²) in [7, 11) is -2.30. The summed E-state index contributed by atoms with van der Waals surface area (Å²) < 4.78 is 25.6. The van der Waals surface area contributed by atoms with Crippen molar-refractivity contribution >= 4 is 27.5 Å². The van der Waals surface area contributed by atoms with Gasteiger partial charge in [0.05, 0.1) is 11.4 Å². The van der Waals surface area contributed by atoms with Crippen molar-refractivity contribution in [1.29, 1.82) is 0 Å². The topological polar surface area (TPSA) is 66.5 Å². The number of hydrogen-bond donors (Lipinski definition) is 1. The van der Waals surface area contributed by atoms with Gasteiger partial charge in [0.15, 0.2) is 0 Å². The lowest BCUT2D eigenvalue weighted by Crippen LogP contribution is -2.41. The fourth-order valence-electron chi connectivity index (χ4n) is 1.90. The van der Waals surface area contributed by atoms with Crippen molar-refractivity contribution in [2.45, 2.75) is 37.6 Å². The molecule has 0 aliphatic heterocycles. The van der Waals surface area contributed by atoms with E-state index in [0.29, 0.717) is 5.02 Å². The van der Waals surface area contributed by atoms with Crippen LogP contribution in [0.1, 0.15) is 26.7 Å². The Hall–Kier alpha value is -1.11. The average molecular weight is 333 g/mol. The summed E-state index contributed by atoms with van der Waals surface area (Å²) in [6.07, 6.45) is 1.82. The van der Waals surface area contributed by atoms with E-state index in [9.17, 15) is 13.2 Å². The lowest BCUT2D eigenvalue weighted by Gasteiger charge is -2.19. The van der Waals surface area contributed by atoms with Crippen LogP contribution < -0.4 is 5.32 Å². The van der Waals surface area contributed by atoms with Crippen LogP contribution in [0.15, 0.2) is 29.2 Å². The molecular weight excluding hydrogens is 312 g/mol. The van der Waals surface area contributed by atoms with Crippen molar-refractivity contribution in [3.05, 3.63) is 29.3 Å². The van der Waals surface area contributed by atoms with Crippen LogP contribution in [-0.2, 0) is 14.8 Å². The zero-order valence-electron chi connectivity index (χ0n) is 12.5. The highest BCUT2D eigenvalue weighted by atomic mass is 35.5. The minimum atomic E-state index is -3.69. The molecule has 0 unspecified atom stereocenters. The van der Waals surface area contributed by atoms with Gasteiger partial charge in [0.25, 0.3) is 0 Å². The summed E-state index contributed by atoms with van der Waals surface area (Å²) in [5, 5.41) is 3.24. The Morgan fingerprint density at radius 3 is 2.43 bits per heavy atom. The number of rotatable bonds is 7. The van der Waals surface area contributed by atoms with Gasteiger partial charge in [-0.2, -0.15) is 4.31 Å². The van der Waals surface area contributed by atoms with E-state index in [1.54, 1.807) is 0 Å². The summed E-state index contributed by atoms with van der Waals surface area (Å²) in [6, 6.07) is 5.89. The van der Waals surface area contributed by atoms with Gasteiger partial charge >= 0.3 is 0 Å². The third-order valence-corrected chi connectivity index (χ3v) is 5.09. The van der Waals surface area contributed by atoms with E-state index in [4.69, 9.17) is 11.6 Å². The lowest BCUT2D eigenvalue weighted by molar-refractivity contribution is -0.121. The molecule has 1 amide bonds. The number of nitrogens with one attached hydrogen (secondary N) is 1. The molecule has 21 heavy (non-hydrogen) atoms. The van der Waals surface area contributed by atoms with Crippen LogP contribution in [0.4, 0.5) is 0 Å². The standard InChI is InChI=1S/C14H21ClN2O3S/c1-4-5-11(2)16-14(18)10-17(3)21(19,20)13-8-6-12(15)7-9-13/h6-9,11H,4-5,10H2,1-3H3,(H,16,18)/t11-/m1/s1. The number of sulfonamides is 1.